The summed E-state index contributed by atoms with van der Waals surface area (Å²) in [7, 11) is 1.99. The lowest BCUT2D eigenvalue weighted by Gasteiger charge is -2.10. The fourth-order valence-corrected chi connectivity index (χ4v) is 3.03. The van der Waals surface area contributed by atoms with E-state index < -0.39 is 0 Å². The van der Waals surface area contributed by atoms with E-state index in [-0.39, 0.29) is 12.0 Å². The number of hydrogen-bond donors (Lipinski definition) is 1. The van der Waals surface area contributed by atoms with Crippen molar-refractivity contribution in [3.05, 3.63) is 36.3 Å². The van der Waals surface area contributed by atoms with Crippen LogP contribution in [0.25, 0.3) is 22.2 Å². The number of nitrogens with one attached hydrogen (secondary N) is 1. The van der Waals surface area contributed by atoms with E-state index in [0.29, 0.717) is 12.4 Å². The van der Waals surface area contributed by atoms with Crippen LogP contribution in [0.1, 0.15) is 18.7 Å². The molecule has 25 heavy (non-hydrogen) atoms. The monoisotopic (exact) mass is 337 g/mol. The second-order valence-electron chi connectivity index (χ2n) is 6.24. The molecule has 128 valence electrons. The van der Waals surface area contributed by atoms with Crippen molar-refractivity contribution in [1.29, 1.82) is 0 Å². The number of anilines is 1. The Labute approximate surface area is 145 Å². The fourth-order valence-electron chi connectivity index (χ4n) is 3.03. The maximum absolute atomic E-state index is 12.2. The molecular weight excluding hydrogens is 318 g/mol. The molecule has 0 bridgehead atoms. The van der Waals surface area contributed by atoms with Crippen LogP contribution in [0.3, 0.4) is 0 Å². The summed E-state index contributed by atoms with van der Waals surface area (Å²) in [4.78, 5) is 16.5. The number of fused-ring (bicyclic) bond motifs is 1. The zero-order chi connectivity index (χ0) is 17.4. The average Bonchev–Trinajstić information content (AvgIpc) is 3.26. The maximum Gasteiger partial charge on any atom is 0.254 e. The molecule has 4 rings (SSSR count). The van der Waals surface area contributed by atoms with Gasteiger partial charge >= 0.3 is 0 Å². The first-order valence-corrected chi connectivity index (χ1v) is 8.30. The predicted octanol–water partition coefficient (Wildman–Crippen LogP) is 2.46. The molecule has 1 aliphatic heterocycles. The van der Waals surface area contributed by atoms with Gasteiger partial charge in [-0.05, 0) is 38.0 Å². The van der Waals surface area contributed by atoms with Gasteiger partial charge in [0.25, 0.3) is 5.91 Å². The van der Waals surface area contributed by atoms with Crippen LogP contribution in [0.4, 0.5) is 5.82 Å². The zero-order valence-corrected chi connectivity index (χ0v) is 14.2. The second-order valence-corrected chi connectivity index (χ2v) is 6.24. The Morgan fingerprint density at radius 3 is 2.92 bits per heavy atom. The van der Waals surface area contributed by atoms with Gasteiger partial charge in [0.1, 0.15) is 11.9 Å². The minimum Gasteiger partial charge on any atom is -0.368 e. The van der Waals surface area contributed by atoms with Crippen LogP contribution in [-0.2, 0) is 16.6 Å². The van der Waals surface area contributed by atoms with Crippen molar-refractivity contribution < 1.29 is 9.53 Å². The van der Waals surface area contributed by atoms with Gasteiger partial charge in [-0.2, -0.15) is 0 Å². The molecule has 7 heteroatoms. The summed E-state index contributed by atoms with van der Waals surface area (Å²) < 4.78 is 7.43. The molecule has 0 aliphatic carbocycles. The summed E-state index contributed by atoms with van der Waals surface area (Å²) in [5.74, 6) is 1.23. The van der Waals surface area contributed by atoms with Crippen molar-refractivity contribution in [2.75, 3.05) is 11.9 Å². The Balaban J connectivity index is 1.64. The van der Waals surface area contributed by atoms with Gasteiger partial charge in [-0.1, -0.05) is 6.07 Å². The van der Waals surface area contributed by atoms with E-state index in [4.69, 9.17) is 4.74 Å². The normalized spacial score (nSPS) is 17.1. The van der Waals surface area contributed by atoms with Gasteiger partial charge < -0.3 is 14.6 Å². The SMILES string of the molecule is Cc1ncc(-c2ccc3nnc(NC(=O)[C@@H]4CCCO4)cc3c2)n1C. The fraction of sp³-hybridized carbons (Fsp3) is 0.333. The molecule has 1 fully saturated rings. The summed E-state index contributed by atoms with van der Waals surface area (Å²) in [6, 6.07) is 7.79. The number of aromatic nitrogens is 4. The van der Waals surface area contributed by atoms with Gasteiger partial charge in [0.15, 0.2) is 5.82 Å². The van der Waals surface area contributed by atoms with Crippen LogP contribution >= 0.6 is 0 Å². The minimum atomic E-state index is -0.388. The largest absolute Gasteiger partial charge is 0.368 e. The minimum absolute atomic E-state index is 0.162. The molecule has 3 heterocycles. The second kappa shape index (κ2) is 6.25. The number of rotatable bonds is 3. The number of aryl methyl sites for hydroxylation is 1. The Bertz CT molecular complexity index is 944. The van der Waals surface area contributed by atoms with Crippen molar-refractivity contribution in [1.82, 2.24) is 19.7 Å². The molecule has 7 nitrogen and oxygen atoms in total. The average molecular weight is 337 g/mol. The first-order valence-electron chi connectivity index (χ1n) is 8.30. The van der Waals surface area contributed by atoms with Crippen molar-refractivity contribution in [2.45, 2.75) is 25.9 Å². The molecule has 0 unspecified atom stereocenters. The van der Waals surface area contributed by atoms with E-state index in [2.05, 4.69) is 20.5 Å². The number of benzene rings is 1. The zero-order valence-electron chi connectivity index (χ0n) is 14.2. The van der Waals surface area contributed by atoms with Crippen molar-refractivity contribution in [3.8, 4) is 11.3 Å². The van der Waals surface area contributed by atoms with Crippen LogP contribution in [0, 0.1) is 6.92 Å². The molecule has 0 spiro atoms. The molecule has 1 amide bonds. The third kappa shape index (κ3) is 2.98. The quantitative estimate of drug-likeness (QED) is 0.794. The van der Waals surface area contributed by atoms with Gasteiger partial charge in [-0.3, -0.25) is 4.79 Å². The van der Waals surface area contributed by atoms with Crippen LogP contribution < -0.4 is 5.32 Å². The lowest BCUT2D eigenvalue weighted by Crippen LogP contribution is -2.27. The van der Waals surface area contributed by atoms with Crippen LogP contribution in [-0.4, -0.2) is 38.4 Å². The summed E-state index contributed by atoms with van der Waals surface area (Å²) in [6.45, 7) is 2.60. The standard InChI is InChI=1S/C18H19N5O2/c1-11-19-10-15(23(11)2)12-5-6-14-13(8-12)9-17(22-21-14)20-18(24)16-4-3-7-25-16/h5-6,8-10,16H,3-4,7H2,1-2H3,(H,20,22,24)/t16-/m0/s1. The topological polar surface area (TPSA) is 81.9 Å². The number of hydrogen-bond acceptors (Lipinski definition) is 5. The number of amides is 1. The highest BCUT2D eigenvalue weighted by Crippen LogP contribution is 2.25. The molecule has 1 saturated heterocycles. The Hall–Kier alpha value is -2.80. The Morgan fingerprint density at radius 2 is 2.20 bits per heavy atom. The van der Waals surface area contributed by atoms with Gasteiger partial charge in [-0.25, -0.2) is 4.98 Å². The summed E-state index contributed by atoms with van der Waals surface area (Å²) in [5.41, 5.74) is 2.85. The van der Waals surface area contributed by atoms with Gasteiger partial charge in [-0.15, -0.1) is 10.2 Å². The highest BCUT2D eigenvalue weighted by Gasteiger charge is 2.24. The molecule has 1 atom stereocenters. The molecule has 1 N–H and O–H groups in total. The third-order valence-corrected chi connectivity index (χ3v) is 4.57. The Morgan fingerprint density at radius 1 is 1.32 bits per heavy atom. The molecule has 0 saturated carbocycles. The first kappa shape index (κ1) is 15.7. The first-order chi connectivity index (χ1) is 12.1. The van der Waals surface area contributed by atoms with E-state index in [1.807, 2.05) is 49.0 Å². The van der Waals surface area contributed by atoms with Crippen molar-refractivity contribution in [2.24, 2.45) is 7.05 Å². The number of carbonyl (C=O) groups excluding carboxylic acids is 1. The van der Waals surface area contributed by atoms with E-state index in [1.54, 1.807) is 0 Å². The van der Waals surface area contributed by atoms with E-state index in [9.17, 15) is 4.79 Å². The number of nitrogens with zero attached hydrogens (tertiary/aromatic N) is 4. The van der Waals surface area contributed by atoms with E-state index in [1.165, 1.54) is 0 Å². The summed E-state index contributed by atoms with van der Waals surface area (Å²) >= 11 is 0. The van der Waals surface area contributed by atoms with E-state index in [0.717, 1.165) is 40.8 Å². The molecular formula is C18H19N5O2. The van der Waals surface area contributed by atoms with Crippen LogP contribution in [0.15, 0.2) is 30.5 Å². The summed E-state index contributed by atoms with van der Waals surface area (Å²) in [6.07, 6.45) is 3.12. The summed E-state index contributed by atoms with van der Waals surface area (Å²) in [5, 5.41) is 12.0. The molecule has 0 radical (unpaired) electrons. The lowest BCUT2D eigenvalue weighted by atomic mass is 10.1. The highest BCUT2D eigenvalue weighted by molar-refractivity contribution is 5.95. The van der Waals surface area contributed by atoms with Crippen molar-refractivity contribution >= 4 is 22.6 Å². The number of carbonyl (C=O) groups is 1. The number of ether oxygens (including phenoxy) is 1. The Kier molecular flexibility index (Phi) is 3.93. The third-order valence-electron chi connectivity index (χ3n) is 4.57. The van der Waals surface area contributed by atoms with Gasteiger partial charge in [0, 0.05) is 24.6 Å². The maximum atomic E-state index is 12.2. The molecule has 2 aromatic heterocycles. The highest BCUT2D eigenvalue weighted by atomic mass is 16.5. The van der Waals surface area contributed by atoms with Crippen LogP contribution in [0.5, 0.6) is 0 Å². The molecule has 3 aromatic rings. The molecule has 1 aromatic carbocycles. The van der Waals surface area contributed by atoms with E-state index >= 15 is 0 Å². The van der Waals surface area contributed by atoms with Crippen molar-refractivity contribution in [3.63, 3.8) is 0 Å². The van der Waals surface area contributed by atoms with Gasteiger partial charge in [0.2, 0.25) is 0 Å². The molecule has 1 aliphatic rings. The van der Waals surface area contributed by atoms with Gasteiger partial charge in [0.05, 0.1) is 17.4 Å². The van der Waals surface area contributed by atoms with Crippen LogP contribution in [0.2, 0.25) is 0 Å². The predicted molar refractivity (Wildman–Crippen MR) is 94.1 cm³/mol. The number of imidazole rings is 1. The smallest absolute Gasteiger partial charge is 0.254 e. The lowest BCUT2D eigenvalue weighted by molar-refractivity contribution is -0.124.